The minimum atomic E-state index is -3.55. The molecule has 0 amide bonds. The van der Waals surface area contributed by atoms with E-state index in [4.69, 9.17) is 5.73 Å². The fourth-order valence-electron chi connectivity index (χ4n) is 1.56. The molecule has 0 radical (unpaired) electrons. The third-order valence-electron chi connectivity index (χ3n) is 2.61. The van der Waals surface area contributed by atoms with E-state index in [-0.39, 0.29) is 11.6 Å². The molecule has 2 aromatic rings. The maximum absolute atomic E-state index is 12.1. The minimum Gasteiger partial charge on any atom is -0.398 e. The van der Waals surface area contributed by atoms with Crippen LogP contribution in [0, 0.1) is 0 Å². The van der Waals surface area contributed by atoms with E-state index in [1.165, 1.54) is 23.6 Å². The number of anilines is 1. The molecular weight excluding hydrogens is 252 g/mol. The van der Waals surface area contributed by atoms with Crippen LogP contribution >= 0.6 is 0 Å². The third kappa shape index (κ3) is 2.36. The molecule has 0 fully saturated rings. The highest BCUT2D eigenvalue weighted by atomic mass is 32.2. The summed E-state index contributed by atoms with van der Waals surface area (Å²) < 4.78 is 25.5. The molecule has 0 atom stereocenters. The first-order chi connectivity index (χ1) is 8.51. The van der Waals surface area contributed by atoms with Crippen LogP contribution in [0.3, 0.4) is 0 Å². The molecule has 0 spiro atoms. The number of nitrogens with one attached hydrogen (secondary N) is 1. The monoisotopic (exact) mass is 266 g/mol. The van der Waals surface area contributed by atoms with Crippen LogP contribution in [0.4, 0.5) is 5.69 Å². The van der Waals surface area contributed by atoms with Gasteiger partial charge in [-0.25, -0.2) is 8.42 Å². The molecule has 1 heterocycles. The first-order valence-electron chi connectivity index (χ1n) is 5.31. The summed E-state index contributed by atoms with van der Waals surface area (Å²) in [6.07, 6.45) is 1.40. The summed E-state index contributed by atoms with van der Waals surface area (Å²) in [6, 6.07) is 8.59. The second-order valence-electron chi connectivity index (χ2n) is 3.88. The standard InChI is InChI=1S/C11H14N4O2S/c1-15(8-9-4-2-3-5-10(9)12)18(16,17)11-6-7-13-14-11/h2-7H,8,12H2,1H3,(H,13,14). The second-order valence-corrected chi connectivity index (χ2v) is 5.89. The third-order valence-corrected chi connectivity index (χ3v) is 4.34. The molecule has 0 saturated carbocycles. The van der Waals surface area contributed by atoms with Crippen LogP contribution in [0.15, 0.2) is 41.6 Å². The lowest BCUT2D eigenvalue weighted by Gasteiger charge is -2.16. The predicted octanol–water partition coefficient (Wildman–Crippen LogP) is 0.813. The van der Waals surface area contributed by atoms with Crippen LogP contribution in [0.25, 0.3) is 0 Å². The van der Waals surface area contributed by atoms with Gasteiger partial charge in [-0.05, 0) is 17.7 Å². The Morgan fingerprint density at radius 3 is 2.67 bits per heavy atom. The predicted molar refractivity (Wildman–Crippen MR) is 68.1 cm³/mol. The van der Waals surface area contributed by atoms with Crippen molar-refractivity contribution in [1.82, 2.24) is 14.5 Å². The molecule has 0 aliphatic heterocycles. The van der Waals surface area contributed by atoms with Crippen molar-refractivity contribution in [3.63, 3.8) is 0 Å². The maximum Gasteiger partial charge on any atom is 0.260 e. The fourth-order valence-corrected chi connectivity index (χ4v) is 2.60. The van der Waals surface area contributed by atoms with Gasteiger partial charge < -0.3 is 5.73 Å². The van der Waals surface area contributed by atoms with Gasteiger partial charge in [0.2, 0.25) is 0 Å². The highest BCUT2D eigenvalue weighted by Crippen LogP contribution is 2.17. The zero-order valence-electron chi connectivity index (χ0n) is 9.87. The summed E-state index contributed by atoms with van der Waals surface area (Å²) in [4.78, 5) is 0. The molecule has 3 N–H and O–H groups in total. The zero-order chi connectivity index (χ0) is 13.2. The molecule has 0 aliphatic carbocycles. The average molecular weight is 266 g/mol. The Kier molecular flexibility index (Phi) is 3.35. The van der Waals surface area contributed by atoms with Gasteiger partial charge in [0, 0.05) is 19.3 Å². The van der Waals surface area contributed by atoms with Gasteiger partial charge in [0.15, 0.2) is 5.03 Å². The molecule has 0 bridgehead atoms. The number of para-hydroxylation sites is 1. The second kappa shape index (κ2) is 4.79. The van der Waals surface area contributed by atoms with Crippen molar-refractivity contribution in [2.24, 2.45) is 0 Å². The van der Waals surface area contributed by atoms with E-state index in [1.807, 2.05) is 12.1 Å². The Balaban J connectivity index is 2.24. The Morgan fingerprint density at radius 2 is 2.06 bits per heavy atom. The van der Waals surface area contributed by atoms with Gasteiger partial charge in [-0.1, -0.05) is 18.2 Å². The summed E-state index contributed by atoms with van der Waals surface area (Å²) in [5.74, 6) is 0. The number of hydrogen-bond acceptors (Lipinski definition) is 4. The fraction of sp³-hybridized carbons (Fsp3) is 0.182. The van der Waals surface area contributed by atoms with Crippen LogP contribution in [0.5, 0.6) is 0 Å². The highest BCUT2D eigenvalue weighted by Gasteiger charge is 2.22. The number of rotatable bonds is 4. The van der Waals surface area contributed by atoms with Gasteiger partial charge in [0.1, 0.15) is 0 Å². The van der Waals surface area contributed by atoms with Crippen molar-refractivity contribution in [1.29, 1.82) is 0 Å². The summed E-state index contributed by atoms with van der Waals surface area (Å²) in [6.45, 7) is 0.216. The molecular formula is C11H14N4O2S. The van der Waals surface area contributed by atoms with Gasteiger partial charge >= 0.3 is 0 Å². The largest absolute Gasteiger partial charge is 0.398 e. The Morgan fingerprint density at radius 1 is 1.33 bits per heavy atom. The normalized spacial score (nSPS) is 11.9. The van der Waals surface area contributed by atoms with Crippen LogP contribution in [0.1, 0.15) is 5.56 Å². The van der Waals surface area contributed by atoms with E-state index in [9.17, 15) is 8.42 Å². The highest BCUT2D eigenvalue weighted by molar-refractivity contribution is 7.89. The summed E-state index contributed by atoms with van der Waals surface area (Å²) in [7, 11) is -2.05. The van der Waals surface area contributed by atoms with Crippen molar-refractivity contribution < 1.29 is 8.42 Å². The molecule has 7 heteroatoms. The summed E-state index contributed by atoms with van der Waals surface area (Å²) in [5, 5.41) is 6.16. The average Bonchev–Trinajstić information content (AvgIpc) is 2.86. The van der Waals surface area contributed by atoms with Crippen LogP contribution in [-0.4, -0.2) is 30.0 Å². The Hall–Kier alpha value is -1.86. The number of H-pyrrole nitrogens is 1. The summed E-state index contributed by atoms with van der Waals surface area (Å²) >= 11 is 0. The maximum atomic E-state index is 12.1. The number of aromatic nitrogens is 2. The van der Waals surface area contributed by atoms with Gasteiger partial charge in [-0.2, -0.15) is 9.40 Å². The van der Waals surface area contributed by atoms with E-state index < -0.39 is 10.0 Å². The number of aromatic amines is 1. The Bertz CT molecular complexity index is 622. The van der Waals surface area contributed by atoms with E-state index in [0.29, 0.717) is 5.69 Å². The number of nitrogen functional groups attached to an aromatic ring is 1. The van der Waals surface area contributed by atoms with Crippen molar-refractivity contribution in [2.75, 3.05) is 12.8 Å². The zero-order valence-corrected chi connectivity index (χ0v) is 10.7. The molecule has 0 unspecified atom stereocenters. The molecule has 0 aliphatic rings. The molecule has 6 nitrogen and oxygen atoms in total. The molecule has 1 aromatic heterocycles. The van der Waals surface area contributed by atoms with Gasteiger partial charge in [0.05, 0.1) is 6.20 Å². The molecule has 2 rings (SSSR count). The van der Waals surface area contributed by atoms with E-state index in [2.05, 4.69) is 10.2 Å². The molecule has 18 heavy (non-hydrogen) atoms. The van der Waals surface area contributed by atoms with Gasteiger partial charge in [-0.15, -0.1) is 0 Å². The number of sulfonamides is 1. The molecule has 0 saturated heterocycles. The van der Waals surface area contributed by atoms with Crippen molar-refractivity contribution >= 4 is 15.7 Å². The number of hydrogen-bond donors (Lipinski definition) is 2. The lowest BCUT2D eigenvalue weighted by Crippen LogP contribution is -2.27. The number of nitrogens with zero attached hydrogens (tertiary/aromatic N) is 2. The summed E-state index contributed by atoms with van der Waals surface area (Å²) in [5.41, 5.74) is 7.13. The van der Waals surface area contributed by atoms with Gasteiger partial charge in [-0.3, -0.25) is 5.10 Å². The number of benzene rings is 1. The number of nitrogens with two attached hydrogens (primary N) is 1. The van der Waals surface area contributed by atoms with Crippen molar-refractivity contribution in [3.8, 4) is 0 Å². The first-order valence-corrected chi connectivity index (χ1v) is 6.75. The van der Waals surface area contributed by atoms with Crippen LogP contribution in [-0.2, 0) is 16.6 Å². The minimum absolute atomic E-state index is 0.0690. The molecule has 96 valence electrons. The quantitative estimate of drug-likeness (QED) is 0.801. The van der Waals surface area contributed by atoms with E-state index in [0.717, 1.165) is 5.56 Å². The van der Waals surface area contributed by atoms with E-state index >= 15 is 0 Å². The van der Waals surface area contributed by atoms with Crippen LogP contribution in [0.2, 0.25) is 0 Å². The Labute approximate surface area is 105 Å². The van der Waals surface area contributed by atoms with Crippen molar-refractivity contribution in [3.05, 3.63) is 42.1 Å². The van der Waals surface area contributed by atoms with Gasteiger partial charge in [0.25, 0.3) is 10.0 Å². The molecule has 1 aromatic carbocycles. The lowest BCUT2D eigenvalue weighted by atomic mass is 10.2. The topological polar surface area (TPSA) is 92.1 Å². The first kappa shape index (κ1) is 12.6. The SMILES string of the molecule is CN(Cc1ccccc1N)S(=O)(=O)c1ccn[nH]1. The lowest BCUT2D eigenvalue weighted by molar-refractivity contribution is 0.464. The van der Waals surface area contributed by atoms with Crippen LogP contribution < -0.4 is 5.73 Å². The smallest absolute Gasteiger partial charge is 0.260 e. The van der Waals surface area contributed by atoms with E-state index in [1.54, 1.807) is 12.1 Å². The van der Waals surface area contributed by atoms with Crippen molar-refractivity contribution in [2.45, 2.75) is 11.6 Å².